The predicted octanol–water partition coefficient (Wildman–Crippen LogP) is 5.27. The Morgan fingerprint density at radius 2 is 1.90 bits per heavy atom. The number of fused-ring (bicyclic) bond motifs is 1. The van der Waals surface area contributed by atoms with E-state index in [2.05, 4.69) is 15.3 Å². The molecule has 0 radical (unpaired) electrons. The minimum Gasteiger partial charge on any atom is -0.463 e. The SMILES string of the molecule is Clc1ccc(-c2csc3ncnc(-c4ccco4)c23)cc1. The molecule has 102 valence electrons. The van der Waals surface area contributed by atoms with Gasteiger partial charge in [0.05, 0.1) is 6.26 Å². The van der Waals surface area contributed by atoms with Crippen LogP contribution in [0.3, 0.4) is 0 Å². The van der Waals surface area contributed by atoms with Gasteiger partial charge in [0.25, 0.3) is 0 Å². The molecule has 5 heteroatoms. The van der Waals surface area contributed by atoms with Crippen LogP contribution < -0.4 is 0 Å². The van der Waals surface area contributed by atoms with E-state index >= 15 is 0 Å². The number of benzene rings is 1. The molecular weight excluding hydrogens is 304 g/mol. The molecule has 0 N–H and O–H groups in total. The van der Waals surface area contributed by atoms with Gasteiger partial charge in [-0.3, -0.25) is 0 Å². The fourth-order valence-corrected chi connectivity index (χ4v) is 3.36. The molecule has 0 atom stereocenters. The number of furan rings is 1. The molecule has 0 spiro atoms. The number of aromatic nitrogens is 2. The van der Waals surface area contributed by atoms with Crippen LogP contribution in [0.15, 0.2) is 58.8 Å². The Hall–Kier alpha value is -2.17. The zero-order valence-corrected chi connectivity index (χ0v) is 12.4. The van der Waals surface area contributed by atoms with Crippen molar-refractivity contribution in [1.29, 1.82) is 0 Å². The van der Waals surface area contributed by atoms with E-state index in [1.54, 1.807) is 23.9 Å². The van der Waals surface area contributed by atoms with Crippen molar-refractivity contribution >= 4 is 33.2 Å². The van der Waals surface area contributed by atoms with Gasteiger partial charge in [0.1, 0.15) is 16.9 Å². The molecule has 0 aliphatic heterocycles. The van der Waals surface area contributed by atoms with Gasteiger partial charge in [-0.2, -0.15) is 0 Å². The van der Waals surface area contributed by atoms with E-state index in [1.165, 1.54) is 0 Å². The Morgan fingerprint density at radius 3 is 2.67 bits per heavy atom. The first kappa shape index (κ1) is 12.6. The van der Waals surface area contributed by atoms with Gasteiger partial charge in [-0.15, -0.1) is 11.3 Å². The first-order valence-electron chi connectivity index (χ1n) is 6.35. The molecule has 0 bridgehead atoms. The number of nitrogens with zero attached hydrogens (tertiary/aromatic N) is 2. The fraction of sp³-hybridized carbons (Fsp3) is 0. The summed E-state index contributed by atoms with van der Waals surface area (Å²) in [5, 5.41) is 3.83. The van der Waals surface area contributed by atoms with Gasteiger partial charge in [-0.1, -0.05) is 23.7 Å². The molecular formula is C16H9ClN2OS. The monoisotopic (exact) mass is 312 g/mol. The highest BCUT2D eigenvalue weighted by Crippen LogP contribution is 2.38. The summed E-state index contributed by atoms with van der Waals surface area (Å²) in [5.41, 5.74) is 3.00. The molecule has 0 aliphatic carbocycles. The minimum absolute atomic E-state index is 0.723. The number of halogens is 1. The molecule has 0 saturated heterocycles. The summed E-state index contributed by atoms with van der Waals surface area (Å²) in [6, 6.07) is 11.5. The lowest BCUT2D eigenvalue weighted by Gasteiger charge is -2.03. The van der Waals surface area contributed by atoms with Crippen LogP contribution in [-0.4, -0.2) is 9.97 Å². The van der Waals surface area contributed by atoms with Crippen molar-refractivity contribution in [2.75, 3.05) is 0 Å². The van der Waals surface area contributed by atoms with E-state index in [9.17, 15) is 0 Å². The fourth-order valence-electron chi connectivity index (χ4n) is 2.32. The van der Waals surface area contributed by atoms with Gasteiger partial charge in [0.2, 0.25) is 0 Å². The van der Waals surface area contributed by atoms with Crippen molar-refractivity contribution in [3.63, 3.8) is 0 Å². The Morgan fingerprint density at radius 1 is 1.05 bits per heavy atom. The van der Waals surface area contributed by atoms with Crippen molar-refractivity contribution < 1.29 is 4.42 Å². The number of thiophene rings is 1. The van der Waals surface area contributed by atoms with Crippen molar-refractivity contribution in [2.45, 2.75) is 0 Å². The molecule has 4 aromatic rings. The van der Waals surface area contributed by atoms with Crippen LogP contribution >= 0.6 is 22.9 Å². The highest BCUT2D eigenvalue weighted by atomic mass is 35.5. The Labute approximate surface area is 129 Å². The normalized spacial score (nSPS) is 11.1. The van der Waals surface area contributed by atoms with Crippen LogP contribution in [0.2, 0.25) is 5.02 Å². The molecule has 3 nitrogen and oxygen atoms in total. The maximum absolute atomic E-state index is 5.97. The molecule has 0 amide bonds. The molecule has 0 unspecified atom stereocenters. The van der Waals surface area contributed by atoms with E-state index < -0.39 is 0 Å². The largest absolute Gasteiger partial charge is 0.463 e. The van der Waals surface area contributed by atoms with Crippen LogP contribution in [-0.2, 0) is 0 Å². The van der Waals surface area contributed by atoms with Crippen LogP contribution in [0.4, 0.5) is 0 Å². The zero-order chi connectivity index (χ0) is 14.2. The molecule has 0 aliphatic rings. The van der Waals surface area contributed by atoms with Crippen molar-refractivity contribution in [3.05, 3.63) is 59.4 Å². The molecule has 1 aromatic carbocycles. The third-order valence-corrected chi connectivity index (χ3v) is 4.42. The minimum atomic E-state index is 0.723. The average Bonchev–Trinajstić information content (AvgIpc) is 3.17. The zero-order valence-electron chi connectivity index (χ0n) is 10.8. The van der Waals surface area contributed by atoms with Crippen LogP contribution in [0.1, 0.15) is 0 Å². The highest BCUT2D eigenvalue weighted by molar-refractivity contribution is 7.17. The summed E-state index contributed by atoms with van der Waals surface area (Å²) in [6.07, 6.45) is 3.22. The van der Waals surface area contributed by atoms with E-state index in [1.807, 2.05) is 36.4 Å². The van der Waals surface area contributed by atoms with Crippen molar-refractivity contribution in [3.8, 4) is 22.6 Å². The summed E-state index contributed by atoms with van der Waals surface area (Å²) in [7, 11) is 0. The van der Waals surface area contributed by atoms with Gasteiger partial charge in [0, 0.05) is 21.4 Å². The maximum Gasteiger partial charge on any atom is 0.153 e. The third kappa shape index (κ3) is 2.13. The van der Waals surface area contributed by atoms with E-state index in [0.29, 0.717) is 0 Å². The van der Waals surface area contributed by atoms with E-state index in [0.717, 1.165) is 37.8 Å². The molecule has 0 fully saturated rings. The summed E-state index contributed by atoms with van der Waals surface area (Å²) in [5.74, 6) is 0.746. The lowest BCUT2D eigenvalue weighted by Crippen LogP contribution is -1.86. The van der Waals surface area contributed by atoms with E-state index in [-0.39, 0.29) is 0 Å². The van der Waals surface area contributed by atoms with E-state index in [4.69, 9.17) is 16.0 Å². The number of rotatable bonds is 2. The molecule has 3 heterocycles. The van der Waals surface area contributed by atoms with Gasteiger partial charge in [-0.05, 0) is 29.8 Å². The second-order valence-electron chi connectivity index (χ2n) is 4.54. The molecule has 4 rings (SSSR count). The topological polar surface area (TPSA) is 38.9 Å². The van der Waals surface area contributed by atoms with Crippen LogP contribution in [0.25, 0.3) is 32.8 Å². The maximum atomic E-state index is 5.97. The summed E-state index contributed by atoms with van der Waals surface area (Å²) in [4.78, 5) is 9.70. The van der Waals surface area contributed by atoms with Gasteiger partial charge in [0.15, 0.2) is 5.76 Å². The highest BCUT2D eigenvalue weighted by Gasteiger charge is 2.15. The van der Waals surface area contributed by atoms with Crippen molar-refractivity contribution in [1.82, 2.24) is 9.97 Å². The molecule has 21 heavy (non-hydrogen) atoms. The average molecular weight is 313 g/mol. The second kappa shape index (κ2) is 4.98. The third-order valence-electron chi connectivity index (χ3n) is 3.28. The van der Waals surface area contributed by atoms with Crippen LogP contribution in [0, 0.1) is 0 Å². The Kier molecular flexibility index (Phi) is 2.98. The second-order valence-corrected chi connectivity index (χ2v) is 5.83. The lowest BCUT2D eigenvalue weighted by atomic mass is 10.0. The Balaban J connectivity index is 2.00. The van der Waals surface area contributed by atoms with Crippen LogP contribution in [0.5, 0.6) is 0 Å². The summed E-state index contributed by atoms with van der Waals surface area (Å²) < 4.78 is 5.50. The summed E-state index contributed by atoms with van der Waals surface area (Å²) in [6.45, 7) is 0. The van der Waals surface area contributed by atoms with Gasteiger partial charge < -0.3 is 4.42 Å². The number of hydrogen-bond donors (Lipinski definition) is 0. The Bertz CT molecular complexity index is 898. The standard InChI is InChI=1S/C16H9ClN2OS/c17-11-5-3-10(4-6-11)12-8-21-16-14(12)15(18-9-19-16)13-2-1-7-20-13/h1-9H. The van der Waals surface area contributed by atoms with Gasteiger partial charge in [-0.25, -0.2) is 9.97 Å². The van der Waals surface area contributed by atoms with Gasteiger partial charge >= 0.3 is 0 Å². The molecule has 3 aromatic heterocycles. The lowest BCUT2D eigenvalue weighted by molar-refractivity contribution is 0.580. The van der Waals surface area contributed by atoms with Crippen molar-refractivity contribution in [2.24, 2.45) is 0 Å². The first-order valence-corrected chi connectivity index (χ1v) is 7.61. The molecule has 0 saturated carbocycles. The number of hydrogen-bond acceptors (Lipinski definition) is 4. The smallest absolute Gasteiger partial charge is 0.153 e. The first-order chi connectivity index (χ1) is 10.3. The summed E-state index contributed by atoms with van der Waals surface area (Å²) >= 11 is 7.57. The quantitative estimate of drug-likeness (QED) is 0.506. The predicted molar refractivity (Wildman–Crippen MR) is 85.6 cm³/mol.